The fourth-order valence-electron chi connectivity index (χ4n) is 3.76. The average molecular weight is 348 g/mol. The monoisotopic (exact) mass is 348 g/mol. The summed E-state index contributed by atoms with van der Waals surface area (Å²) in [5.74, 6) is -1.57. The molecule has 2 heterocycles. The number of aliphatic carboxylic acids is 1. The number of carbonyl (C=O) groups excluding carboxylic acids is 1. The van der Waals surface area contributed by atoms with Crippen LogP contribution in [-0.2, 0) is 9.53 Å². The molecule has 1 N–H and O–H groups in total. The molecule has 8 heteroatoms. The third kappa shape index (κ3) is 3.48. The van der Waals surface area contributed by atoms with E-state index in [1.807, 2.05) is 0 Å². The summed E-state index contributed by atoms with van der Waals surface area (Å²) >= 11 is 0. The Morgan fingerprint density at radius 2 is 1.88 bits per heavy atom. The van der Waals surface area contributed by atoms with Gasteiger partial charge in [0.15, 0.2) is 0 Å². The third-order valence-corrected chi connectivity index (χ3v) is 5.08. The minimum Gasteiger partial charge on any atom is -0.481 e. The van der Waals surface area contributed by atoms with Crippen molar-refractivity contribution in [2.45, 2.75) is 25.4 Å². The molecule has 134 valence electrons. The predicted octanol–water partition coefficient (Wildman–Crippen LogP) is 1.94. The van der Waals surface area contributed by atoms with E-state index in [0.717, 1.165) is 0 Å². The second kappa shape index (κ2) is 7.18. The van der Waals surface area contributed by atoms with Crippen LogP contribution in [0, 0.1) is 22.0 Å². The van der Waals surface area contributed by atoms with Crippen molar-refractivity contribution < 1.29 is 24.4 Å². The van der Waals surface area contributed by atoms with E-state index in [9.17, 15) is 24.8 Å². The van der Waals surface area contributed by atoms with Gasteiger partial charge in [-0.05, 0) is 31.2 Å². The Morgan fingerprint density at radius 3 is 2.52 bits per heavy atom. The fourth-order valence-corrected chi connectivity index (χ4v) is 3.76. The zero-order chi connectivity index (χ0) is 18.0. The van der Waals surface area contributed by atoms with Crippen LogP contribution in [0.2, 0.25) is 0 Å². The number of benzene rings is 1. The predicted molar refractivity (Wildman–Crippen MR) is 87.2 cm³/mol. The molecule has 3 rings (SSSR count). The van der Waals surface area contributed by atoms with Crippen LogP contribution >= 0.6 is 0 Å². The van der Waals surface area contributed by atoms with E-state index in [4.69, 9.17) is 4.74 Å². The molecule has 1 amide bonds. The molecule has 25 heavy (non-hydrogen) atoms. The summed E-state index contributed by atoms with van der Waals surface area (Å²) in [6.07, 6.45) is 1.50. The van der Waals surface area contributed by atoms with E-state index in [1.54, 1.807) is 11.0 Å². The molecule has 2 fully saturated rings. The first kappa shape index (κ1) is 17.3. The van der Waals surface area contributed by atoms with Crippen LogP contribution in [0.3, 0.4) is 0 Å². The van der Waals surface area contributed by atoms with Crippen LogP contribution in [0.15, 0.2) is 24.3 Å². The Bertz CT molecular complexity index is 683. The van der Waals surface area contributed by atoms with E-state index in [0.29, 0.717) is 39.0 Å². The summed E-state index contributed by atoms with van der Waals surface area (Å²) in [6, 6.07) is 5.93. The molecule has 8 nitrogen and oxygen atoms in total. The summed E-state index contributed by atoms with van der Waals surface area (Å²) in [5, 5.41) is 20.4. The first-order valence-corrected chi connectivity index (χ1v) is 8.36. The van der Waals surface area contributed by atoms with Crippen molar-refractivity contribution in [3.05, 3.63) is 39.9 Å². The highest BCUT2D eigenvalue weighted by atomic mass is 16.6. The molecule has 1 unspecified atom stereocenters. The molecule has 0 bridgehead atoms. The van der Waals surface area contributed by atoms with Crippen molar-refractivity contribution in [3.63, 3.8) is 0 Å². The van der Waals surface area contributed by atoms with Crippen LogP contribution in [0.25, 0.3) is 0 Å². The molecular formula is C17H20N2O6. The number of ether oxygens (including phenoxy) is 1. The largest absolute Gasteiger partial charge is 0.481 e. The number of likely N-dealkylation sites (tertiary alicyclic amines) is 1. The number of piperidine rings is 1. The van der Waals surface area contributed by atoms with Crippen molar-refractivity contribution in [3.8, 4) is 0 Å². The van der Waals surface area contributed by atoms with Gasteiger partial charge in [0.1, 0.15) is 5.56 Å². The van der Waals surface area contributed by atoms with E-state index in [-0.39, 0.29) is 29.2 Å². The molecular weight excluding hydrogens is 328 g/mol. The van der Waals surface area contributed by atoms with Gasteiger partial charge in [0, 0.05) is 25.8 Å². The molecule has 0 radical (unpaired) electrons. The molecule has 0 aliphatic carbocycles. The van der Waals surface area contributed by atoms with Gasteiger partial charge in [-0.2, -0.15) is 0 Å². The number of carboxylic acids is 1. The lowest BCUT2D eigenvalue weighted by molar-refractivity contribution is -0.385. The molecule has 2 aliphatic heterocycles. The third-order valence-electron chi connectivity index (χ3n) is 5.08. The number of nitro groups is 1. The number of hydrogen-bond donors (Lipinski definition) is 1. The number of carboxylic acid groups (broad SMARTS) is 1. The zero-order valence-corrected chi connectivity index (χ0v) is 13.7. The van der Waals surface area contributed by atoms with Gasteiger partial charge < -0.3 is 14.7 Å². The summed E-state index contributed by atoms with van der Waals surface area (Å²) in [5.41, 5.74) is -0.105. The quantitative estimate of drug-likeness (QED) is 0.658. The van der Waals surface area contributed by atoms with Crippen molar-refractivity contribution >= 4 is 17.6 Å². The summed E-state index contributed by atoms with van der Waals surface area (Å²) in [7, 11) is 0. The van der Waals surface area contributed by atoms with Crippen molar-refractivity contribution in [2.24, 2.45) is 11.8 Å². The number of nitro benzene ring substituents is 1. The highest BCUT2D eigenvalue weighted by Gasteiger charge is 2.41. The second-order valence-electron chi connectivity index (χ2n) is 6.47. The number of rotatable bonds is 4. The minimum absolute atomic E-state index is 0.0893. The first-order chi connectivity index (χ1) is 12.0. The number of amides is 1. The first-order valence-electron chi connectivity index (χ1n) is 8.36. The molecule has 0 spiro atoms. The summed E-state index contributed by atoms with van der Waals surface area (Å²) in [4.78, 5) is 36.1. The Balaban J connectivity index is 1.66. The van der Waals surface area contributed by atoms with E-state index < -0.39 is 16.8 Å². The van der Waals surface area contributed by atoms with Gasteiger partial charge in [-0.1, -0.05) is 12.1 Å². The van der Waals surface area contributed by atoms with Crippen LogP contribution in [0.4, 0.5) is 5.69 Å². The normalized spacial score (nSPS) is 24.2. The Morgan fingerprint density at radius 1 is 1.20 bits per heavy atom. The molecule has 0 saturated carbocycles. The smallest absolute Gasteiger partial charge is 0.309 e. The van der Waals surface area contributed by atoms with Gasteiger partial charge in [0.05, 0.1) is 16.9 Å². The molecule has 2 saturated heterocycles. The summed E-state index contributed by atoms with van der Waals surface area (Å²) in [6.45, 7) is 1.35. The Labute approximate surface area is 144 Å². The number of carbonyl (C=O) groups is 2. The SMILES string of the molecule is O=C(O)C1CCO[C@H]1C1CCN(C(=O)c2ccccc2[N+](=O)[O-])CC1. The lowest BCUT2D eigenvalue weighted by Gasteiger charge is -2.35. The number of nitrogens with zero attached hydrogens (tertiary/aromatic N) is 2. The highest BCUT2D eigenvalue weighted by molar-refractivity contribution is 5.98. The van der Waals surface area contributed by atoms with E-state index in [1.165, 1.54) is 18.2 Å². The average Bonchev–Trinajstić information content (AvgIpc) is 3.11. The minimum atomic E-state index is -0.832. The van der Waals surface area contributed by atoms with Crippen molar-refractivity contribution in [1.29, 1.82) is 0 Å². The van der Waals surface area contributed by atoms with E-state index >= 15 is 0 Å². The van der Waals surface area contributed by atoms with Gasteiger partial charge in [-0.3, -0.25) is 19.7 Å². The van der Waals surface area contributed by atoms with Gasteiger partial charge in [0.2, 0.25) is 0 Å². The highest BCUT2D eigenvalue weighted by Crippen LogP contribution is 2.34. The van der Waals surface area contributed by atoms with Crippen molar-refractivity contribution in [2.75, 3.05) is 19.7 Å². The van der Waals surface area contributed by atoms with E-state index in [2.05, 4.69) is 0 Å². The van der Waals surface area contributed by atoms with Gasteiger partial charge in [-0.25, -0.2) is 0 Å². The molecule has 0 aromatic heterocycles. The van der Waals surface area contributed by atoms with Crippen LogP contribution in [0.5, 0.6) is 0 Å². The van der Waals surface area contributed by atoms with Gasteiger partial charge >= 0.3 is 5.97 Å². The standard InChI is InChI=1S/C17H20N2O6/c20-16(12-3-1-2-4-14(12)19(23)24)18-8-5-11(6-9-18)15-13(17(21)22)7-10-25-15/h1-4,11,13,15H,5-10H2,(H,21,22)/t13?,15-/m0/s1. The maximum absolute atomic E-state index is 12.6. The van der Waals surface area contributed by atoms with Crippen molar-refractivity contribution in [1.82, 2.24) is 4.90 Å². The maximum Gasteiger partial charge on any atom is 0.309 e. The maximum atomic E-state index is 12.6. The number of para-hydroxylation sites is 1. The van der Waals surface area contributed by atoms with Crippen LogP contribution in [-0.4, -0.2) is 52.6 Å². The van der Waals surface area contributed by atoms with Gasteiger partial charge in [0.25, 0.3) is 11.6 Å². The second-order valence-corrected chi connectivity index (χ2v) is 6.47. The lowest BCUT2D eigenvalue weighted by atomic mass is 9.84. The molecule has 1 aromatic rings. The Hall–Kier alpha value is -2.48. The molecule has 2 aliphatic rings. The summed E-state index contributed by atoms with van der Waals surface area (Å²) < 4.78 is 5.62. The Kier molecular flexibility index (Phi) is 4.98. The topological polar surface area (TPSA) is 110 Å². The number of hydrogen-bond acceptors (Lipinski definition) is 5. The molecule has 1 aromatic carbocycles. The van der Waals surface area contributed by atoms with Crippen LogP contribution < -0.4 is 0 Å². The zero-order valence-electron chi connectivity index (χ0n) is 13.7. The van der Waals surface area contributed by atoms with Gasteiger partial charge in [-0.15, -0.1) is 0 Å². The molecule has 2 atom stereocenters. The lowest BCUT2D eigenvalue weighted by Crippen LogP contribution is -2.43. The van der Waals surface area contributed by atoms with Crippen LogP contribution in [0.1, 0.15) is 29.6 Å². The fraction of sp³-hybridized carbons (Fsp3) is 0.529.